The molecule has 0 heterocycles. The standard InChI is InChI=1S/C5H12O4/c1-7-4(6)5(8-2)9-3/h4-6H,1-3H3. The van der Waals surface area contributed by atoms with Crippen LogP contribution in [0, 0.1) is 0 Å². The third kappa shape index (κ3) is 2.76. The zero-order valence-electron chi connectivity index (χ0n) is 5.83. The van der Waals surface area contributed by atoms with Gasteiger partial charge in [0.1, 0.15) is 0 Å². The molecule has 1 unspecified atom stereocenters. The largest absolute Gasteiger partial charge is 0.364 e. The maximum atomic E-state index is 8.85. The van der Waals surface area contributed by atoms with Gasteiger partial charge in [0.2, 0.25) is 12.6 Å². The van der Waals surface area contributed by atoms with Crippen molar-refractivity contribution in [1.29, 1.82) is 0 Å². The van der Waals surface area contributed by atoms with Gasteiger partial charge in [0.25, 0.3) is 0 Å². The lowest BCUT2D eigenvalue weighted by molar-refractivity contribution is -0.243. The third-order valence-electron chi connectivity index (χ3n) is 0.939. The van der Waals surface area contributed by atoms with Gasteiger partial charge in [0.05, 0.1) is 0 Å². The molecule has 0 aliphatic heterocycles. The lowest BCUT2D eigenvalue weighted by atomic mass is 10.6. The molecule has 1 atom stereocenters. The SMILES string of the molecule is COC(O)C(OC)OC. The molecule has 0 radical (unpaired) electrons. The first kappa shape index (κ1) is 8.84. The van der Waals surface area contributed by atoms with E-state index in [2.05, 4.69) is 14.2 Å². The molecule has 0 aliphatic rings. The average molecular weight is 136 g/mol. The molecule has 0 aliphatic carbocycles. The second kappa shape index (κ2) is 4.69. The Morgan fingerprint density at radius 2 is 1.44 bits per heavy atom. The van der Waals surface area contributed by atoms with Gasteiger partial charge in [-0.15, -0.1) is 0 Å². The Hall–Kier alpha value is -0.160. The summed E-state index contributed by atoms with van der Waals surface area (Å²) in [5.41, 5.74) is 0. The van der Waals surface area contributed by atoms with E-state index in [4.69, 9.17) is 5.11 Å². The van der Waals surface area contributed by atoms with Crippen LogP contribution in [0.4, 0.5) is 0 Å². The van der Waals surface area contributed by atoms with E-state index >= 15 is 0 Å². The van der Waals surface area contributed by atoms with Gasteiger partial charge in [-0.25, -0.2) is 0 Å². The van der Waals surface area contributed by atoms with Gasteiger partial charge in [-0.3, -0.25) is 0 Å². The van der Waals surface area contributed by atoms with Crippen LogP contribution in [0.2, 0.25) is 0 Å². The molecule has 9 heavy (non-hydrogen) atoms. The molecule has 0 spiro atoms. The highest BCUT2D eigenvalue weighted by molar-refractivity contribution is 4.42. The summed E-state index contributed by atoms with van der Waals surface area (Å²) in [7, 11) is 4.22. The number of hydrogen-bond acceptors (Lipinski definition) is 4. The average Bonchev–Trinajstić information content (AvgIpc) is 1.90. The third-order valence-corrected chi connectivity index (χ3v) is 0.939. The van der Waals surface area contributed by atoms with Crippen molar-refractivity contribution in [3.8, 4) is 0 Å². The Labute approximate surface area is 54.3 Å². The number of aliphatic hydroxyl groups is 1. The van der Waals surface area contributed by atoms with E-state index in [0.717, 1.165) is 0 Å². The van der Waals surface area contributed by atoms with Crippen LogP contribution in [0.3, 0.4) is 0 Å². The van der Waals surface area contributed by atoms with Crippen LogP contribution >= 0.6 is 0 Å². The molecule has 1 N–H and O–H groups in total. The minimum Gasteiger partial charge on any atom is -0.364 e. The van der Waals surface area contributed by atoms with Gasteiger partial charge >= 0.3 is 0 Å². The fourth-order valence-corrected chi connectivity index (χ4v) is 0.440. The van der Waals surface area contributed by atoms with Crippen molar-refractivity contribution in [1.82, 2.24) is 0 Å². The van der Waals surface area contributed by atoms with Crippen molar-refractivity contribution >= 4 is 0 Å². The molecule has 0 rings (SSSR count). The molecular formula is C5H12O4. The molecule has 4 heteroatoms. The summed E-state index contributed by atoms with van der Waals surface area (Å²) in [4.78, 5) is 0. The zero-order valence-corrected chi connectivity index (χ0v) is 5.83. The first-order chi connectivity index (χ1) is 4.26. The zero-order chi connectivity index (χ0) is 7.28. The lowest BCUT2D eigenvalue weighted by Crippen LogP contribution is -2.30. The van der Waals surface area contributed by atoms with Crippen LogP contribution < -0.4 is 0 Å². The highest BCUT2D eigenvalue weighted by Crippen LogP contribution is 1.97. The molecule has 0 aromatic heterocycles. The van der Waals surface area contributed by atoms with E-state index < -0.39 is 12.6 Å². The summed E-state index contributed by atoms with van der Waals surface area (Å²) in [5.74, 6) is 0. The maximum absolute atomic E-state index is 8.85. The van der Waals surface area contributed by atoms with E-state index in [0.29, 0.717) is 0 Å². The molecule has 0 amide bonds. The molecule has 4 nitrogen and oxygen atoms in total. The van der Waals surface area contributed by atoms with Crippen molar-refractivity contribution in [2.75, 3.05) is 21.3 Å². The van der Waals surface area contributed by atoms with Crippen LogP contribution in [0.25, 0.3) is 0 Å². The Bertz CT molecular complexity index is 62.0. The van der Waals surface area contributed by atoms with Crippen LogP contribution in [-0.4, -0.2) is 39.0 Å². The van der Waals surface area contributed by atoms with Gasteiger partial charge in [-0.05, 0) is 0 Å². The van der Waals surface area contributed by atoms with Gasteiger partial charge < -0.3 is 19.3 Å². The Balaban J connectivity index is 3.50. The summed E-state index contributed by atoms with van der Waals surface area (Å²) >= 11 is 0. The highest BCUT2D eigenvalue weighted by Gasteiger charge is 2.15. The normalized spacial score (nSPS) is 14.3. The van der Waals surface area contributed by atoms with Gasteiger partial charge in [-0.2, -0.15) is 0 Å². The minimum absolute atomic E-state index is 0.699. The predicted molar refractivity (Wildman–Crippen MR) is 30.8 cm³/mol. The number of ether oxygens (including phenoxy) is 3. The van der Waals surface area contributed by atoms with Crippen molar-refractivity contribution in [2.45, 2.75) is 12.6 Å². The first-order valence-corrected chi connectivity index (χ1v) is 2.52. The van der Waals surface area contributed by atoms with E-state index in [-0.39, 0.29) is 0 Å². The minimum atomic E-state index is -1.01. The summed E-state index contributed by atoms with van der Waals surface area (Å²) in [6, 6.07) is 0. The van der Waals surface area contributed by atoms with Gasteiger partial charge in [0, 0.05) is 21.3 Å². The van der Waals surface area contributed by atoms with Crippen LogP contribution in [0.15, 0.2) is 0 Å². The van der Waals surface area contributed by atoms with Crippen molar-refractivity contribution in [3.05, 3.63) is 0 Å². The van der Waals surface area contributed by atoms with E-state index in [1.807, 2.05) is 0 Å². The Morgan fingerprint density at radius 1 is 1.00 bits per heavy atom. The van der Waals surface area contributed by atoms with Crippen LogP contribution in [-0.2, 0) is 14.2 Å². The number of rotatable bonds is 4. The number of hydrogen-bond donors (Lipinski definition) is 1. The molecule has 56 valence electrons. The van der Waals surface area contributed by atoms with Crippen LogP contribution in [0.5, 0.6) is 0 Å². The summed E-state index contributed by atoms with van der Waals surface area (Å²) in [6.45, 7) is 0. The summed E-state index contributed by atoms with van der Waals surface area (Å²) in [6.07, 6.45) is -1.71. The topological polar surface area (TPSA) is 47.9 Å². The van der Waals surface area contributed by atoms with E-state index in [9.17, 15) is 0 Å². The molecule has 0 bridgehead atoms. The molecular weight excluding hydrogens is 124 g/mol. The van der Waals surface area contributed by atoms with Crippen molar-refractivity contribution in [3.63, 3.8) is 0 Å². The quantitative estimate of drug-likeness (QED) is 0.533. The van der Waals surface area contributed by atoms with Gasteiger partial charge in [-0.1, -0.05) is 0 Å². The Morgan fingerprint density at radius 3 is 1.56 bits per heavy atom. The van der Waals surface area contributed by atoms with Crippen molar-refractivity contribution in [2.24, 2.45) is 0 Å². The molecule has 0 saturated carbocycles. The summed E-state index contributed by atoms with van der Waals surface area (Å²) in [5, 5.41) is 8.85. The smallest absolute Gasteiger partial charge is 0.208 e. The monoisotopic (exact) mass is 136 g/mol. The fourth-order valence-electron chi connectivity index (χ4n) is 0.440. The van der Waals surface area contributed by atoms with Gasteiger partial charge in [0.15, 0.2) is 0 Å². The fraction of sp³-hybridized carbons (Fsp3) is 1.00. The molecule has 0 aromatic carbocycles. The summed E-state index contributed by atoms with van der Waals surface area (Å²) < 4.78 is 13.8. The second-order valence-corrected chi connectivity index (χ2v) is 1.47. The Kier molecular flexibility index (Phi) is 4.61. The number of methoxy groups -OCH3 is 3. The van der Waals surface area contributed by atoms with E-state index in [1.54, 1.807) is 0 Å². The van der Waals surface area contributed by atoms with E-state index in [1.165, 1.54) is 21.3 Å². The van der Waals surface area contributed by atoms with Crippen molar-refractivity contribution < 1.29 is 19.3 Å². The van der Waals surface area contributed by atoms with Crippen LogP contribution in [0.1, 0.15) is 0 Å². The molecule has 0 saturated heterocycles. The highest BCUT2D eigenvalue weighted by atomic mass is 16.7. The molecule has 0 fully saturated rings. The number of aliphatic hydroxyl groups excluding tert-OH is 1. The maximum Gasteiger partial charge on any atom is 0.208 e. The lowest BCUT2D eigenvalue weighted by Gasteiger charge is -2.17. The molecule has 0 aromatic rings. The first-order valence-electron chi connectivity index (χ1n) is 2.52. The second-order valence-electron chi connectivity index (χ2n) is 1.47. The predicted octanol–water partition coefficient (Wildman–Crippen LogP) is -0.430.